The fourth-order valence-corrected chi connectivity index (χ4v) is 4.17. The Morgan fingerprint density at radius 2 is 2.23 bits per heavy atom. The summed E-state index contributed by atoms with van der Waals surface area (Å²) in [4.78, 5) is 29.5. The molecule has 1 N–H and O–H groups in total. The molecule has 3 heterocycles. The molecule has 6 nitrogen and oxygen atoms in total. The molecule has 2 aliphatic rings. The standard InChI is InChI=1S/C19H25N3O3S/c1-3-8-22-15(12-21-9-5-6-10-21)16(18(23)25-4-2)17(20-19(22)24)14-7-11-26-13-14/h3,7,11,13,17H,1,4-6,8-10,12H2,2H3,(H,20,24). The summed E-state index contributed by atoms with van der Waals surface area (Å²) < 4.78 is 5.35. The summed E-state index contributed by atoms with van der Waals surface area (Å²) in [7, 11) is 0. The molecule has 140 valence electrons. The van der Waals surface area contributed by atoms with Crippen molar-refractivity contribution in [2.45, 2.75) is 25.8 Å². The first-order valence-electron chi connectivity index (χ1n) is 8.99. The van der Waals surface area contributed by atoms with Crippen LogP contribution in [0, 0.1) is 0 Å². The Morgan fingerprint density at radius 3 is 2.85 bits per heavy atom. The topological polar surface area (TPSA) is 61.9 Å². The highest BCUT2D eigenvalue weighted by Gasteiger charge is 2.38. The number of carbonyl (C=O) groups is 2. The molecule has 0 radical (unpaired) electrons. The van der Waals surface area contributed by atoms with Gasteiger partial charge >= 0.3 is 12.0 Å². The zero-order chi connectivity index (χ0) is 18.5. The van der Waals surface area contributed by atoms with Gasteiger partial charge in [0, 0.05) is 18.8 Å². The fraction of sp³-hybridized carbons (Fsp3) is 0.474. The van der Waals surface area contributed by atoms with Crippen molar-refractivity contribution in [1.29, 1.82) is 0 Å². The molecule has 2 amide bonds. The number of carbonyl (C=O) groups excluding carboxylic acids is 2. The van der Waals surface area contributed by atoms with Gasteiger partial charge in [-0.05, 0) is 55.2 Å². The number of likely N-dealkylation sites (tertiary alicyclic amines) is 1. The van der Waals surface area contributed by atoms with Gasteiger partial charge in [-0.3, -0.25) is 9.80 Å². The molecule has 26 heavy (non-hydrogen) atoms. The minimum absolute atomic E-state index is 0.205. The molecule has 1 aromatic rings. The summed E-state index contributed by atoms with van der Waals surface area (Å²) in [6.07, 6.45) is 3.96. The molecule has 0 spiro atoms. The number of rotatable bonds is 7. The van der Waals surface area contributed by atoms with E-state index in [1.807, 2.05) is 16.8 Å². The molecular formula is C19H25N3O3S. The maximum atomic E-state index is 12.8. The van der Waals surface area contributed by atoms with Gasteiger partial charge in [-0.1, -0.05) is 6.08 Å². The Balaban J connectivity index is 2.07. The normalized spacial score (nSPS) is 21.0. The van der Waals surface area contributed by atoms with E-state index in [1.165, 1.54) is 0 Å². The van der Waals surface area contributed by atoms with E-state index in [2.05, 4.69) is 16.8 Å². The Morgan fingerprint density at radius 1 is 1.46 bits per heavy atom. The SMILES string of the molecule is C=CCN1C(=O)NC(c2ccsc2)C(C(=O)OCC)=C1CN1CCCC1. The number of hydrogen-bond donors (Lipinski definition) is 1. The van der Waals surface area contributed by atoms with Crippen molar-refractivity contribution in [3.8, 4) is 0 Å². The zero-order valence-corrected chi connectivity index (χ0v) is 15.9. The van der Waals surface area contributed by atoms with Crippen LogP contribution in [0.4, 0.5) is 4.79 Å². The van der Waals surface area contributed by atoms with Crippen LogP contribution in [0.25, 0.3) is 0 Å². The van der Waals surface area contributed by atoms with Crippen molar-refractivity contribution in [2.24, 2.45) is 0 Å². The van der Waals surface area contributed by atoms with E-state index in [0.717, 1.165) is 37.2 Å². The van der Waals surface area contributed by atoms with E-state index in [-0.39, 0.29) is 12.0 Å². The number of thiophene rings is 1. The summed E-state index contributed by atoms with van der Waals surface area (Å²) in [5.74, 6) is -0.369. The second-order valence-corrected chi connectivity index (χ2v) is 7.18. The lowest BCUT2D eigenvalue weighted by Gasteiger charge is -2.37. The Labute approximate surface area is 158 Å². The van der Waals surface area contributed by atoms with Gasteiger partial charge in [0.1, 0.15) is 0 Å². The molecule has 1 fully saturated rings. The van der Waals surface area contributed by atoms with Crippen molar-refractivity contribution < 1.29 is 14.3 Å². The molecule has 1 aromatic heterocycles. The van der Waals surface area contributed by atoms with Crippen molar-refractivity contribution >= 4 is 23.3 Å². The van der Waals surface area contributed by atoms with E-state index < -0.39 is 6.04 Å². The highest BCUT2D eigenvalue weighted by Crippen LogP contribution is 2.33. The lowest BCUT2D eigenvalue weighted by Crippen LogP contribution is -2.50. The van der Waals surface area contributed by atoms with Crippen molar-refractivity contribution in [3.05, 3.63) is 46.3 Å². The number of ether oxygens (including phenoxy) is 1. The van der Waals surface area contributed by atoms with Gasteiger partial charge in [-0.15, -0.1) is 6.58 Å². The monoisotopic (exact) mass is 375 g/mol. The third-order valence-corrected chi connectivity index (χ3v) is 5.40. The number of nitrogens with zero attached hydrogens (tertiary/aromatic N) is 2. The van der Waals surface area contributed by atoms with Gasteiger partial charge in [0.25, 0.3) is 0 Å². The Hall–Kier alpha value is -2.12. The van der Waals surface area contributed by atoms with Gasteiger partial charge in [-0.2, -0.15) is 11.3 Å². The van der Waals surface area contributed by atoms with Crippen molar-refractivity contribution in [2.75, 3.05) is 32.8 Å². The first-order chi connectivity index (χ1) is 12.7. The van der Waals surface area contributed by atoms with E-state index in [4.69, 9.17) is 4.74 Å². The van der Waals surface area contributed by atoms with E-state index in [1.54, 1.807) is 29.2 Å². The second kappa shape index (κ2) is 8.51. The molecule has 3 rings (SSSR count). The maximum Gasteiger partial charge on any atom is 0.338 e. The summed E-state index contributed by atoms with van der Waals surface area (Å²) >= 11 is 1.54. The first kappa shape index (κ1) is 18.7. The van der Waals surface area contributed by atoms with Crippen molar-refractivity contribution in [1.82, 2.24) is 15.1 Å². The molecule has 7 heteroatoms. The zero-order valence-electron chi connectivity index (χ0n) is 15.1. The highest BCUT2D eigenvalue weighted by atomic mass is 32.1. The minimum atomic E-state index is -0.480. The Kier molecular flexibility index (Phi) is 6.11. The highest BCUT2D eigenvalue weighted by molar-refractivity contribution is 7.08. The second-order valence-electron chi connectivity index (χ2n) is 6.40. The number of hydrogen-bond acceptors (Lipinski definition) is 5. The molecule has 2 aliphatic heterocycles. The van der Waals surface area contributed by atoms with Crippen LogP contribution in [0.3, 0.4) is 0 Å². The third kappa shape index (κ3) is 3.83. The first-order valence-corrected chi connectivity index (χ1v) is 9.93. The molecular weight excluding hydrogens is 350 g/mol. The average Bonchev–Trinajstić information content (AvgIpc) is 3.31. The van der Waals surface area contributed by atoms with Gasteiger partial charge in [-0.25, -0.2) is 9.59 Å². The quantitative estimate of drug-likeness (QED) is 0.588. The molecule has 0 bridgehead atoms. The van der Waals surface area contributed by atoms with Crippen LogP contribution < -0.4 is 5.32 Å². The molecule has 1 atom stereocenters. The van der Waals surface area contributed by atoms with E-state index in [0.29, 0.717) is 25.3 Å². The summed E-state index contributed by atoms with van der Waals surface area (Å²) in [5.41, 5.74) is 2.16. The summed E-state index contributed by atoms with van der Waals surface area (Å²) in [6, 6.07) is 1.25. The molecule has 0 aromatic carbocycles. The van der Waals surface area contributed by atoms with Gasteiger partial charge in [0.2, 0.25) is 0 Å². The predicted molar refractivity (Wildman–Crippen MR) is 102 cm³/mol. The maximum absolute atomic E-state index is 12.8. The van der Waals surface area contributed by atoms with E-state index >= 15 is 0 Å². The molecule has 1 saturated heterocycles. The van der Waals surface area contributed by atoms with Crippen LogP contribution >= 0.6 is 11.3 Å². The number of urea groups is 1. The van der Waals surface area contributed by atoms with E-state index in [9.17, 15) is 9.59 Å². The van der Waals surface area contributed by atoms with Crippen molar-refractivity contribution in [3.63, 3.8) is 0 Å². The molecule has 0 aliphatic carbocycles. The van der Waals surface area contributed by atoms with Crippen LogP contribution in [-0.2, 0) is 9.53 Å². The number of nitrogens with one attached hydrogen (secondary N) is 1. The average molecular weight is 375 g/mol. The van der Waals surface area contributed by atoms with Gasteiger partial charge in [0.05, 0.1) is 18.2 Å². The van der Waals surface area contributed by atoms with Crippen LogP contribution in [-0.4, -0.2) is 54.6 Å². The van der Waals surface area contributed by atoms with Crippen LogP contribution in [0.15, 0.2) is 40.8 Å². The minimum Gasteiger partial charge on any atom is -0.463 e. The predicted octanol–water partition coefficient (Wildman–Crippen LogP) is 2.91. The largest absolute Gasteiger partial charge is 0.463 e. The molecule has 1 unspecified atom stereocenters. The smallest absolute Gasteiger partial charge is 0.338 e. The number of esters is 1. The summed E-state index contributed by atoms with van der Waals surface area (Å²) in [6.45, 7) is 8.73. The van der Waals surface area contributed by atoms with Crippen LogP contribution in [0.2, 0.25) is 0 Å². The number of amides is 2. The Bertz CT molecular complexity index is 693. The van der Waals surface area contributed by atoms with Crippen LogP contribution in [0.5, 0.6) is 0 Å². The lowest BCUT2D eigenvalue weighted by molar-refractivity contribution is -0.139. The van der Waals surface area contributed by atoms with Gasteiger partial charge in [0.15, 0.2) is 0 Å². The lowest BCUT2D eigenvalue weighted by atomic mass is 9.96. The van der Waals surface area contributed by atoms with Crippen LogP contribution in [0.1, 0.15) is 31.4 Å². The fourth-order valence-electron chi connectivity index (χ4n) is 3.49. The van der Waals surface area contributed by atoms with Gasteiger partial charge < -0.3 is 10.1 Å². The molecule has 0 saturated carbocycles. The summed E-state index contributed by atoms with van der Waals surface area (Å²) in [5, 5.41) is 6.87. The third-order valence-electron chi connectivity index (χ3n) is 4.69.